The van der Waals surface area contributed by atoms with E-state index in [1.165, 1.54) is 4.88 Å². The van der Waals surface area contributed by atoms with Crippen LogP contribution in [-0.2, 0) is 13.1 Å². The zero-order valence-electron chi connectivity index (χ0n) is 15.6. The van der Waals surface area contributed by atoms with Crippen molar-refractivity contribution in [1.82, 2.24) is 24.6 Å². The van der Waals surface area contributed by atoms with Gasteiger partial charge in [-0.25, -0.2) is 9.37 Å². The molecule has 148 valence electrons. The number of aryl methyl sites for hydroxylation is 1. The van der Waals surface area contributed by atoms with E-state index in [0.717, 1.165) is 16.3 Å². The summed E-state index contributed by atoms with van der Waals surface area (Å²) in [6, 6.07) is 3.29. The van der Waals surface area contributed by atoms with Crippen molar-refractivity contribution in [3.8, 4) is 0 Å². The van der Waals surface area contributed by atoms with Crippen molar-refractivity contribution in [2.24, 2.45) is 0 Å². The van der Waals surface area contributed by atoms with Crippen molar-refractivity contribution in [3.63, 3.8) is 0 Å². The van der Waals surface area contributed by atoms with E-state index in [0.29, 0.717) is 32.5 Å². The second-order valence-electron chi connectivity index (χ2n) is 7.12. The molecule has 1 saturated heterocycles. The Balaban J connectivity index is 1.37. The lowest BCUT2D eigenvalue weighted by molar-refractivity contribution is 0.0948. The van der Waals surface area contributed by atoms with E-state index in [4.69, 9.17) is 0 Å². The Morgan fingerprint density at radius 1 is 1.36 bits per heavy atom. The molecule has 0 bridgehead atoms. The highest BCUT2D eigenvalue weighted by atomic mass is 32.1. The Morgan fingerprint density at radius 3 is 2.86 bits per heavy atom. The van der Waals surface area contributed by atoms with Crippen molar-refractivity contribution in [2.45, 2.75) is 39.0 Å². The summed E-state index contributed by atoms with van der Waals surface area (Å²) in [5.74, 6) is -0.432. The second kappa shape index (κ2) is 7.84. The van der Waals surface area contributed by atoms with Gasteiger partial charge in [-0.3, -0.25) is 18.9 Å². The van der Waals surface area contributed by atoms with E-state index in [-0.39, 0.29) is 12.1 Å². The monoisotopic (exact) mass is 403 g/mol. The molecule has 0 atom stereocenters. The third-order valence-corrected chi connectivity index (χ3v) is 5.79. The van der Waals surface area contributed by atoms with E-state index in [1.807, 2.05) is 23.7 Å². The number of aromatic nitrogens is 3. The molecule has 1 aliphatic rings. The van der Waals surface area contributed by atoms with Crippen LogP contribution in [0.1, 0.15) is 39.5 Å². The van der Waals surface area contributed by atoms with Gasteiger partial charge < -0.3 is 10.3 Å². The number of amides is 1. The minimum Gasteiger partial charge on any atom is -0.346 e. The van der Waals surface area contributed by atoms with Crippen LogP contribution < -0.4 is 10.9 Å². The first-order valence-electron chi connectivity index (χ1n) is 9.29. The van der Waals surface area contributed by atoms with Gasteiger partial charge in [0.15, 0.2) is 4.96 Å². The third-order valence-electron chi connectivity index (χ3n) is 4.88. The second-order valence-corrected chi connectivity index (χ2v) is 8.34. The number of imidazole rings is 1. The number of carbonyl (C=O) groups is 1. The van der Waals surface area contributed by atoms with E-state index in [2.05, 4.69) is 20.2 Å². The van der Waals surface area contributed by atoms with Crippen LogP contribution in [0.4, 0.5) is 4.39 Å². The summed E-state index contributed by atoms with van der Waals surface area (Å²) in [6.07, 6.45) is 4.17. The minimum atomic E-state index is -0.725. The first-order valence-corrected chi connectivity index (χ1v) is 10.1. The molecule has 0 aromatic carbocycles. The van der Waals surface area contributed by atoms with Gasteiger partial charge in [0.2, 0.25) is 0 Å². The van der Waals surface area contributed by atoms with Crippen LogP contribution in [0.15, 0.2) is 29.3 Å². The molecule has 0 aliphatic carbocycles. The van der Waals surface area contributed by atoms with Crippen LogP contribution >= 0.6 is 11.3 Å². The molecule has 1 amide bonds. The van der Waals surface area contributed by atoms with Crippen molar-refractivity contribution in [1.29, 1.82) is 0 Å². The van der Waals surface area contributed by atoms with Crippen LogP contribution in [0, 0.1) is 6.92 Å². The molecule has 2 N–H and O–H groups in total. The lowest BCUT2D eigenvalue weighted by Gasteiger charge is -2.28. The number of alkyl halides is 1. The fraction of sp³-hybridized carbons (Fsp3) is 0.421. The lowest BCUT2D eigenvalue weighted by atomic mass is 10.1. The number of halogens is 1. The maximum atomic E-state index is 13.2. The molecule has 3 aromatic rings. The highest BCUT2D eigenvalue weighted by Crippen LogP contribution is 2.17. The SMILES string of the molecule is Cc1cn2cc(CNC(=O)c3ccc(CN4CCC(F)CC4)[nH]c3=O)nc2s1. The number of rotatable bonds is 5. The van der Waals surface area contributed by atoms with Gasteiger partial charge in [0, 0.05) is 42.6 Å². The molecular formula is C19H22FN5O2S. The Kier molecular flexibility index (Phi) is 5.27. The Labute approximate surface area is 165 Å². The zero-order chi connectivity index (χ0) is 19.7. The van der Waals surface area contributed by atoms with Gasteiger partial charge in [0.25, 0.3) is 11.5 Å². The number of nitrogens with one attached hydrogen (secondary N) is 2. The zero-order valence-corrected chi connectivity index (χ0v) is 16.4. The first kappa shape index (κ1) is 18.8. The molecule has 3 aromatic heterocycles. The summed E-state index contributed by atoms with van der Waals surface area (Å²) in [5.41, 5.74) is 1.12. The quantitative estimate of drug-likeness (QED) is 0.685. The third kappa shape index (κ3) is 4.15. The van der Waals surface area contributed by atoms with Gasteiger partial charge in [-0.15, -0.1) is 11.3 Å². The summed E-state index contributed by atoms with van der Waals surface area (Å²) in [4.78, 5) is 36.0. The molecule has 0 radical (unpaired) electrons. The predicted octanol–water partition coefficient (Wildman–Crippen LogP) is 2.26. The lowest BCUT2D eigenvalue weighted by Crippen LogP contribution is -2.35. The van der Waals surface area contributed by atoms with Crippen molar-refractivity contribution in [2.75, 3.05) is 13.1 Å². The summed E-state index contributed by atoms with van der Waals surface area (Å²) in [5, 5.41) is 2.74. The number of aromatic amines is 1. The number of thiazole rings is 1. The molecule has 0 unspecified atom stereocenters. The number of fused-ring (bicyclic) bond motifs is 1. The fourth-order valence-corrected chi connectivity index (χ4v) is 4.22. The maximum absolute atomic E-state index is 13.2. The average molecular weight is 403 g/mol. The van der Waals surface area contributed by atoms with Crippen LogP contribution in [0.5, 0.6) is 0 Å². The van der Waals surface area contributed by atoms with Crippen molar-refractivity contribution in [3.05, 3.63) is 56.7 Å². The van der Waals surface area contributed by atoms with E-state index in [9.17, 15) is 14.0 Å². The summed E-state index contributed by atoms with van der Waals surface area (Å²) >= 11 is 1.58. The Morgan fingerprint density at radius 2 is 2.14 bits per heavy atom. The standard InChI is InChI=1S/C19H22FN5O2S/c1-12-9-25-11-15(23-19(25)28-12)8-21-17(26)16-3-2-14(22-18(16)27)10-24-6-4-13(20)5-7-24/h2-3,9,11,13H,4-8,10H2,1H3,(H,21,26)(H,22,27). The molecule has 1 aliphatic heterocycles. The molecule has 4 rings (SSSR count). The number of pyridine rings is 1. The highest BCUT2D eigenvalue weighted by Gasteiger charge is 2.19. The molecule has 9 heteroatoms. The van der Waals surface area contributed by atoms with E-state index >= 15 is 0 Å². The molecule has 28 heavy (non-hydrogen) atoms. The molecule has 4 heterocycles. The Hall–Kier alpha value is -2.52. The van der Waals surface area contributed by atoms with Gasteiger partial charge in [0.05, 0.1) is 12.2 Å². The van der Waals surface area contributed by atoms with Gasteiger partial charge in [-0.2, -0.15) is 0 Å². The van der Waals surface area contributed by atoms with Crippen molar-refractivity contribution >= 4 is 22.2 Å². The molecule has 1 fully saturated rings. The molecule has 7 nitrogen and oxygen atoms in total. The largest absolute Gasteiger partial charge is 0.346 e. The number of hydrogen-bond acceptors (Lipinski definition) is 5. The summed E-state index contributed by atoms with van der Waals surface area (Å²) in [7, 11) is 0. The minimum absolute atomic E-state index is 0.0723. The summed E-state index contributed by atoms with van der Waals surface area (Å²) < 4.78 is 15.1. The number of hydrogen-bond donors (Lipinski definition) is 2. The predicted molar refractivity (Wildman–Crippen MR) is 105 cm³/mol. The smallest absolute Gasteiger partial charge is 0.261 e. The van der Waals surface area contributed by atoms with Gasteiger partial charge in [-0.1, -0.05) is 0 Å². The van der Waals surface area contributed by atoms with Crippen LogP contribution in [-0.4, -0.2) is 44.4 Å². The number of carbonyl (C=O) groups excluding carboxylic acids is 1. The average Bonchev–Trinajstić information content (AvgIpc) is 3.18. The van der Waals surface area contributed by atoms with Crippen LogP contribution in [0.3, 0.4) is 0 Å². The maximum Gasteiger partial charge on any atom is 0.261 e. The van der Waals surface area contributed by atoms with Crippen molar-refractivity contribution < 1.29 is 9.18 Å². The topological polar surface area (TPSA) is 82.5 Å². The van der Waals surface area contributed by atoms with E-state index < -0.39 is 17.6 Å². The number of nitrogens with zero attached hydrogens (tertiary/aromatic N) is 3. The highest BCUT2D eigenvalue weighted by molar-refractivity contribution is 7.16. The van der Waals surface area contributed by atoms with E-state index in [1.54, 1.807) is 23.5 Å². The normalized spacial score (nSPS) is 15.9. The number of piperidine rings is 1. The van der Waals surface area contributed by atoms with Gasteiger partial charge >= 0.3 is 0 Å². The summed E-state index contributed by atoms with van der Waals surface area (Å²) in [6.45, 7) is 4.17. The van der Waals surface area contributed by atoms with Crippen LogP contribution in [0.2, 0.25) is 0 Å². The molecular weight excluding hydrogens is 381 g/mol. The van der Waals surface area contributed by atoms with Gasteiger partial charge in [0.1, 0.15) is 11.7 Å². The number of likely N-dealkylation sites (tertiary alicyclic amines) is 1. The van der Waals surface area contributed by atoms with Gasteiger partial charge in [-0.05, 0) is 31.9 Å². The molecule has 0 saturated carbocycles. The van der Waals surface area contributed by atoms with Crippen LogP contribution in [0.25, 0.3) is 4.96 Å². The first-order chi connectivity index (χ1) is 13.5. The molecule has 0 spiro atoms. The number of H-pyrrole nitrogens is 1. The fourth-order valence-electron chi connectivity index (χ4n) is 3.40. The Bertz CT molecular complexity index is 1020.